The van der Waals surface area contributed by atoms with Crippen molar-refractivity contribution in [1.29, 1.82) is 0 Å². The minimum atomic E-state index is -0.526. The largest absolute Gasteiger partial charge is 0.481 e. The van der Waals surface area contributed by atoms with Crippen molar-refractivity contribution in [1.82, 2.24) is 4.90 Å². The van der Waals surface area contributed by atoms with Crippen LogP contribution in [0, 0.1) is 5.82 Å². The van der Waals surface area contributed by atoms with Crippen LogP contribution in [0.3, 0.4) is 0 Å². The molecule has 0 spiro atoms. The highest BCUT2D eigenvalue weighted by Gasteiger charge is 2.27. The minimum Gasteiger partial charge on any atom is -0.481 e. The molecule has 1 aliphatic carbocycles. The van der Waals surface area contributed by atoms with Crippen molar-refractivity contribution in [2.75, 3.05) is 31.1 Å². The number of aryl methyl sites for hydroxylation is 2. The predicted octanol–water partition coefficient (Wildman–Crippen LogP) is 3.82. The lowest BCUT2D eigenvalue weighted by molar-refractivity contribution is -0.138. The average Bonchev–Trinajstić information content (AvgIpc) is 2.73. The summed E-state index contributed by atoms with van der Waals surface area (Å²) in [6.45, 7) is 4.21. The summed E-state index contributed by atoms with van der Waals surface area (Å²) in [5.41, 5.74) is 3.36. The fraction of sp³-hybridized carbons (Fsp3) is 0.435. The third kappa shape index (κ3) is 3.98. The van der Waals surface area contributed by atoms with E-state index in [2.05, 4.69) is 12.1 Å². The molecule has 4 nitrogen and oxygen atoms in total. The molecule has 1 saturated heterocycles. The molecule has 148 valence electrons. The Morgan fingerprint density at radius 3 is 2.46 bits per heavy atom. The van der Waals surface area contributed by atoms with Crippen LogP contribution in [0.4, 0.5) is 10.1 Å². The summed E-state index contributed by atoms with van der Waals surface area (Å²) in [6.07, 6.45) is 4.17. The van der Waals surface area contributed by atoms with Crippen LogP contribution in [0.15, 0.2) is 42.5 Å². The SMILES string of the molecule is C[C@@H](Oc1ccc2c(c1)CCCC2)C(=O)N1CCN(c2ccccc2F)CC1. The van der Waals surface area contributed by atoms with Gasteiger partial charge in [-0.2, -0.15) is 0 Å². The number of fused-ring (bicyclic) bond motifs is 1. The quantitative estimate of drug-likeness (QED) is 0.806. The van der Waals surface area contributed by atoms with Gasteiger partial charge in [-0.1, -0.05) is 18.2 Å². The van der Waals surface area contributed by atoms with Crippen LogP contribution >= 0.6 is 0 Å². The number of anilines is 1. The number of carbonyl (C=O) groups excluding carboxylic acids is 1. The summed E-state index contributed by atoms with van der Waals surface area (Å²) in [5, 5.41) is 0. The minimum absolute atomic E-state index is 0.00842. The molecule has 1 heterocycles. The summed E-state index contributed by atoms with van der Waals surface area (Å²) in [7, 11) is 0. The second-order valence-corrected chi connectivity index (χ2v) is 7.66. The zero-order valence-corrected chi connectivity index (χ0v) is 16.4. The van der Waals surface area contributed by atoms with Crippen LogP contribution in [0.25, 0.3) is 0 Å². The highest BCUT2D eigenvalue weighted by molar-refractivity contribution is 5.81. The monoisotopic (exact) mass is 382 g/mol. The number of carbonyl (C=O) groups is 1. The lowest BCUT2D eigenvalue weighted by atomic mass is 9.92. The van der Waals surface area contributed by atoms with E-state index in [0.29, 0.717) is 31.9 Å². The van der Waals surface area contributed by atoms with Gasteiger partial charge >= 0.3 is 0 Å². The Morgan fingerprint density at radius 2 is 1.71 bits per heavy atom. The third-order valence-electron chi connectivity index (χ3n) is 5.77. The summed E-state index contributed by atoms with van der Waals surface area (Å²) in [6, 6.07) is 13.0. The van der Waals surface area contributed by atoms with Crippen molar-refractivity contribution in [3.63, 3.8) is 0 Å². The molecule has 2 aliphatic rings. The third-order valence-corrected chi connectivity index (χ3v) is 5.77. The van der Waals surface area contributed by atoms with Gasteiger partial charge in [-0.3, -0.25) is 4.79 Å². The van der Waals surface area contributed by atoms with E-state index < -0.39 is 6.10 Å². The molecule has 0 aromatic heterocycles. The van der Waals surface area contributed by atoms with Gasteiger partial charge in [0, 0.05) is 26.2 Å². The van der Waals surface area contributed by atoms with E-state index in [4.69, 9.17) is 4.74 Å². The smallest absolute Gasteiger partial charge is 0.263 e. The summed E-state index contributed by atoms with van der Waals surface area (Å²) in [4.78, 5) is 16.6. The molecule has 5 heteroatoms. The molecule has 1 amide bonds. The Bertz CT molecular complexity index is 846. The zero-order chi connectivity index (χ0) is 19.5. The number of hydrogen-bond donors (Lipinski definition) is 0. The van der Waals surface area contributed by atoms with Crippen LogP contribution < -0.4 is 9.64 Å². The number of ether oxygens (including phenoxy) is 1. The topological polar surface area (TPSA) is 32.8 Å². The number of amides is 1. The van der Waals surface area contributed by atoms with Crippen molar-refractivity contribution in [2.24, 2.45) is 0 Å². The van der Waals surface area contributed by atoms with Gasteiger partial charge in [0.1, 0.15) is 11.6 Å². The van der Waals surface area contributed by atoms with Gasteiger partial charge in [0.15, 0.2) is 6.10 Å². The number of nitrogens with zero attached hydrogens (tertiary/aromatic N) is 2. The highest BCUT2D eigenvalue weighted by atomic mass is 19.1. The maximum Gasteiger partial charge on any atom is 0.263 e. The fourth-order valence-corrected chi connectivity index (χ4v) is 4.17. The molecule has 1 aliphatic heterocycles. The predicted molar refractivity (Wildman–Crippen MR) is 108 cm³/mol. The van der Waals surface area contributed by atoms with E-state index >= 15 is 0 Å². The van der Waals surface area contributed by atoms with Gasteiger partial charge in [-0.05, 0) is 68.0 Å². The van der Waals surface area contributed by atoms with Gasteiger partial charge in [0.05, 0.1) is 5.69 Å². The van der Waals surface area contributed by atoms with E-state index in [-0.39, 0.29) is 11.7 Å². The summed E-state index contributed by atoms with van der Waals surface area (Å²) >= 11 is 0. The molecule has 1 fully saturated rings. The fourth-order valence-electron chi connectivity index (χ4n) is 4.17. The number of piperazine rings is 1. The second-order valence-electron chi connectivity index (χ2n) is 7.66. The maximum atomic E-state index is 14.0. The molecule has 4 rings (SSSR count). The Morgan fingerprint density at radius 1 is 1.00 bits per heavy atom. The molecule has 0 bridgehead atoms. The van der Waals surface area contributed by atoms with E-state index in [1.54, 1.807) is 12.1 Å². The summed E-state index contributed by atoms with van der Waals surface area (Å²) in [5.74, 6) is 0.545. The van der Waals surface area contributed by atoms with Crippen LogP contribution in [-0.4, -0.2) is 43.1 Å². The standard InChI is InChI=1S/C23H27FN2O2/c1-17(28-20-11-10-18-6-2-3-7-19(18)16-20)23(27)26-14-12-25(13-15-26)22-9-5-4-8-21(22)24/h4-5,8-11,16-17H,2-3,6-7,12-15H2,1H3/t17-/m1/s1. The van der Waals surface area contributed by atoms with Crippen molar-refractivity contribution < 1.29 is 13.9 Å². The van der Waals surface area contributed by atoms with Gasteiger partial charge in [0.2, 0.25) is 0 Å². The Kier molecular flexibility index (Phi) is 5.51. The van der Waals surface area contributed by atoms with Crippen LogP contribution in [0.1, 0.15) is 30.9 Å². The van der Waals surface area contributed by atoms with Gasteiger partial charge in [-0.15, -0.1) is 0 Å². The van der Waals surface area contributed by atoms with Crippen LogP contribution in [-0.2, 0) is 17.6 Å². The van der Waals surface area contributed by atoms with Crippen molar-refractivity contribution in [2.45, 2.75) is 38.7 Å². The van der Waals surface area contributed by atoms with Crippen LogP contribution in [0.2, 0.25) is 0 Å². The molecule has 0 radical (unpaired) electrons. The molecule has 2 aromatic carbocycles. The maximum absolute atomic E-state index is 14.0. The summed E-state index contributed by atoms with van der Waals surface area (Å²) < 4.78 is 19.9. The van der Waals surface area contributed by atoms with Gasteiger partial charge in [-0.25, -0.2) is 4.39 Å². The Balaban J connectivity index is 1.34. The number of hydrogen-bond acceptors (Lipinski definition) is 3. The first kappa shape index (κ1) is 18.8. The zero-order valence-electron chi connectivity index (χ0n) is 16.4. The van der Waals surface area contributed by atoms with Gasteiger partial charge in [0.25, 0.3) is 5.91 Å². The van der Waals surface area contributed by atoms with E-state index in [9.17, 15) is 9.18 Å². The number of halogens is 1. The highest BCUT2D eigenvalue weighted by Crippen LogP contribution is 2.26. The lowest BCUT2D eigenvalue weighted by Gasteiger charge is -2.37. The molecule has 0 unspecified atom stereocenters. The average molecular weight is 382 g/mol. The van der Waals surface area contributed by atoms with E-state index in [1.807, 2.05) is 28.9 Å². The van der Waals surface area contributed by atoms with Crippen molar-refractivity contribution in [3.8, 4) is 5.75 Å². The van der Waals surface area contributed by atoms with E-state index in [0.717, 1.165) is 18.6 Å². The molecule has 0 N–H and O–H groups in total. The molecule has 0 saturated carbocycles. The molecule has 28 heavy (non-hydrogen) atoms. The van der Waals surface area contributed by atoms with E-state index in [1.165, 1.54) is 30.0 Å². The number of rotatable bonds is 4. The molecule has 2 aromatic rings. The van der Waals surface area contributed by atoms with Crippen LogP contribution in [0.5, 0.6) is 5.75 Å². The number of para-hydroxylation sites is 1. The Labute approximate surface area is 165 Å². The molecular formula is C23H27FN2O2. The second kappa shape index (κ2) is 8.21. The number of benzene rings is 2. The Hall–Kier alpha value is -2.56. The molecular weight excluding hydrogens is 355 g/mol. The first-order valence-electron chi connectivity index (χ1n) is 10.2. The molecule has 1 atom stereocenters. The van der Waals surface area contributed by atoms with Crippen molar-refractivity contribution in [3.05, 3.63) is 59.4 Å². The lowest BCUT2D eigenvalue weighted by Crippen LogP contribution is -2.52. The first-order valence-corrected chi connectivity index (χ1v) is 10.2. The van der Waals surface area contributed by atoms with Crippen molar-refractivity contribution >= 4 is 11.6 Å². The normalized spacial score (nSPS) is 17.8. The van der Waals surface area contributed by atoms with Gasteiger partial charge < -0.3 is 14.5 Å². The first-order chi connectivity index (χ1) is 13.6.